The molecule has 1 aliphatic heterocycles. The van der Waals surface area contributed by atoms with Crippen LogP contribution in [0, 0.1) is 0 Å². The van der Waals surface area contributed by atoms with Gasteiger partial charge in [-0.05, 0) is 45.2 Å². The number of piperidine rings is 1. The van der Waals surface area contributed by atoms with Gasteiger partial charge in [-0.25, -0.2) is 0 Å². The van der Waals surface area contributed by atoms with Crippen LogP contribution in [0.2, 0.25) is 0 Å². The minimum Gasteiger partial charge on any atom is -0.480 e. The second-order valence-corrected chi connectivity index (χ2v) is 6.82. The first-order chi connectivity index (χ1) is 10.0. The summed E-state index contributed by atoms with van der Waals surface area (Å²) in [6, 6.07) is 7.54. The van der Waals surface area contributed by atoms with Crippen molar-refractivity contribution >= 4 is 23.6 Å². The van der Waals surface area contributed by atoms with Crippen LogP contribution in [0.15, 0.2) is 29.2 Å². The molecule has 1 N–H and O–H groups in total. The van der Waals surface area contributed by atoms with Gasteiger partial charge in [-0.1, -0.05) is 12.1 Å². The van der Waals surface area contributed by atoms with E-state index in [1.807, 2.05) is 23.1 Å². The molecule has 0 aliphatic carbocycles. The molecule has 0 bridgehead atoms. The number of carbonyl (C=O) groups is 2. The van der Waals surface area contributed by atoms with E-state index >= 15 is 0 Å². The average molecular weight is 307 g/mol. The first kappa shape index (κ1) is 15.9. The predicted molar refractivity (Wildman–Crippen MR) is 83.7 cm³/mol. The Hall–Kier alpha value is -1.49. The molecule has 1 aromatic rings. The van der Waals surface area contributed by atoms with Crippen LogP contribution in [0.1, 0.15) is 43.5 Å². The molecule has 0 spiro atoms. The highest BCUT2D eigenvalue weighted by Gasteiger charge is 2.26. The summed E-state index contributed by atoms with van der Waals surface area (Å²) >= 11 is 1.22. The Bertz CT molecular complexity index is 532. The average Bonchev–Trinajstić information content (AvgIpc) is 2.47. The molecule has 4 nitrogen and oxygen atoms in total. The maximum Gasteiger partial charge on any atom is 0.316 e. The van der Waals surface area contributed by atoms with Crippen molar-refractivity contribution in [2.45, 2.75) is 49.3 Å². The monoisotopic (exact) mass is 307 g/mol. The zero-order chi connectivity index (χ0) is 15.4. The van der Waals surface area contributed by atoms with Gasteiger partial charge in [0.05, 0.1) is 5.56 Å². The second kappa shape index (κ2) is 6.98. The van der Waals surface area contributed by atoms with E-state index in [4.69, 9.17) is 5.11 Å². The molecule has 114 valence electrons. The van der Waals surface area contributed by atoms with Crippen LogP contribution in [-0.4, -0.2) is 39.7 Å². The first-order valence-corrected chi connectivity index (χ1v) is 8.18. The van der Waals surface area contributed by atoms with Crippen molar-refractivity contribution in [2.75, 3.05) is 6.54 Å². The van der Waals surface area contributed by atoms with E-state index in [0.717, 1.165) is 30.7 Å². The summed E-state index contributed by atoms with van der Waals surface area (Å²) in [6.45, 7) is 4.50. The van der Waals surface area contributed by atoms with Gasteiger partial charge in [0, 0.05) is 17.5 Å². The highest BCUT2D eigenvalue weighted by Crippen LogP contribution is 2.29. The van der Waals surface area contributed by atoms with Gasteiger partial charge in [0.15, 0.2) is 0 Å². The number of aliphatic carboxylic acids is 1. The molecule has 5 heteroatoms. The first-order valence-electron chi connectivity index (χ1n) is 7.30. The topological polar surface area (TPSA) is 57.6 Å². The normalized spacial score (nSPS) is 20.1. The van der Waals surface area contributed by atoms with E-state index in [1.54, 1.807) is 13.0 Å². The summed E-state index contributed by atoms with van der Waals surface area (Å²) < 4.78 is 0. The number of hydrogen-bond acceptors (Lipinski definition) is 3. The molecule has 1 aliphatic rings. The molecule has 1 heterocycles. The third kappa shape index (κ3) is 3.79. The van der Waals surface area contributed by atoms with E-state index in [1.165, 1.54) is 11.8 Å². The predicted octanol–water partition coefficient (Wildman–Crippen LogP) is 3.27. The fraction of sp³-hybridized carbons (Fsp3) is 0.500. The maximum absolute atomic E-state index is 12.7. The lowest BCUT2D eigenvalue weighted by Gasteiger charge is -2.34. The van der Waals surface area contributed by atoms with E-state index in [2.05, 4.69) is 6.92 Å². The lowest BCUT2D eigenvalue weighted by molar-refractivity contribution is -0.136. The molecular formula is C16H21NO3S. The Balaban J connectivity index is 2.22. The van der Waals surface area contributed by atoms with Crippen molar-refractivity contribution in [3.05, 3.63) is 29.8 Å². The van der Waals surface area contributed by atoms with E-state index in [0.29, 0.717) is 5.56 Å². The lowest BCUT2D eigenvalue weighted by Crippen LogP contribution is -2.42. The second-order valence-electron chi connectivity index (χ2n) is 5.44. The quantitative estimate of drug-likeness (QED) is 0.867. The van der Waals surface area contributed by atoms with Crippen molar-refractivity contribution in [1.29, 1.82) is 0 Å². The molecule has 21 heavy (non-hydrogen) atoms. The Morgan fingerprint density at radius 2 is 2.05 bits per heavy atom. The van der Waals surface area contributed by atoms with E-state index in [-0.39, 0.29) is 11.9 Å². The fourth-order valence-corrected chi connectivity index (χ4v) is 3.46. The molecule has 1 saturated heterocycles. The van der Waals surface area contributed by atoms with Gasteiger partial charge in [-0.3, -0.25) is 9.59 Å². The van der Waals surface area contributed by atoms with Crippen LogP contribution >= 0.6 is 11.8 Å². The molecule has 2 atom stereocenters. The van der Waals surface area contributed by atoms with Crippen LogP contribution in [0.4, 0.5) is 0 Å². The minimum atomic E-state index is -0.867. The largest absolute Gasteiger partial charge is 0.480 e. The Kier molecular flexibility index (Phi) is 5.28. The lowest BCUT2D eigenvalue weighted by atomic mass is 10.0. The van der Waals surface area contributed by atoms with Crippen molar-refractivity contribution in [1.82, 2.24) is 4.90 Å². The Labute approximate surface area is 129 Å². The zero-order valence-corrected chi connectivity index (χ0v) is 13.2. The number of likely N-dealkylation sites (tertiary alicyclic amines) is 1. The number of rotatable bonds is 4. The Morgan fingerprint density at radius 3 is 2.71 bits per heavy atom. The molecular weight excluding hydrogens is 286 g/mol. The van der Waals surface area contributed by atoms with E-state index < -0.39 is 11.2 Å². The number of nitrogens with zero attached hydrogens (tertiary/aromatic N) is 1. The number of carboxylic acids is 1. The summed E-state index contributed by atoms with van der Waals surface area (Å²) in [5.41, 5.74) is 0.615. The number of amides is 1. The summed E-state index contributed by atoms with van der Waals surface area (Å²) in [7, 11) is 0. The third-order valence-electron chi connectivity index (χ3n) is 3.83. The SMILES string of the molecule is CC(Sc1ccccc1C(=O)N1CCCCC1C)C(=O)O. The summed E-state index contributed by atoms with van der Waals surface area (Å²) in [5.74, 6) is -0.850. The highest BCUT2D eigenvalue weighted by molar-refractivity contribution is 8.00. The third-order valence-corrected chi connectivity index (χ3v) is 5.00. The molecule has 0 radical (unpaired) electrons. The van der Waals surface area contributed by atoms with Crippen LogP contribution in [0.5, 0.6) is 0 Å². The molecule has 0 aromatic heterocycles. The molecule has 1 fully saturated rings. The molecule has 2 unspecified atom stereocenters. The van der Waals surface area contributed by atoms with Gasteiger partial charge in [0.2, 0.25) is 0 Å². The summed E-state index contributed by atoms with van der Waals surface area (Å²) in [4.78, 5) is 26.4. The molecule has 1 amide bonds. The van der Waals surface area contributed by atoms with E-state index in [9.17, 15) is 9.59 Å². The minimum absolute atomic E-state index is 0.0166. The van der Waals surface area contributed by atoms with Gasteiger partial charge in [-0.2, -0.15) is 0 Å². The summed E-state index contributed by atoms with van der Waals surface area (Å²) in [5, 5.41) is 8.48. The number of thioether (sulfide) groups is 1. The smallest absolute Gasteiger partial charge is 0.316 e. The summed E-state index contributed by atoms with van der Waals surface area (Å²) in [6.07, 6.45) is 3.24. The fourth-order valence-electron chi connectivity index (χ4n) is 2.54. The number of hydrogen-bond donors (Lipinski definition) is 1. The van der Waals surface area contributed by atoms with Crippen molar-refractivity contribution in [3.8, 4) is 0 Å². The van der Waals surface area contributed by atoms with Crippen molar-refractivity contribution < 1.29 is 14.7 Å². The van der Waals surface area contributed by atoms with Gasteiger partial charge >= 0.3 is 5.97 Å². The van der Waals surface area contributed by atoms with Crippen LogP contribution in [0.3, 0.4) is 0 Å². The number of carboxylic acid groups (broad SMARTS) is 1. The standard InChI is InChI=1S/C16H21NO3S/c1-11-7-5-6-10-17(11)15(18)13-8-3-4-9-14(13)21-12(2)16(19)20/h3-4,8-9,11-12H,5-7,10H2,1-2H3,(H,19,20). The van der Waals surface area contributed by atoms with Crippen LogP contribution in [0.25, 0.3) is 0 Å². The van der Waals surface area contributed by atoms with Crippen molar-refractivity contribution in [2.24, 2.45) is 0 Å². The zero-order valence-electron chi connectivity index (χ0n) is 12.4. The van der Waals surface area contributed by atoms with Gasteiger partial charge < -0.3 is 10.0 Å². The van der Waals surface area contributed by atoms with Crippen LogP contribution in [-0.2, 0) is 4.79 Å². The number of carbonyl (C=O) groups excluding carboxylic acids is 1. The maximum atomic E-state index is 12.7. The molecule has 0 saturated carbocycles. The van der Waals surface area contributed by atoms with Gasteiger partial charge in [0.25, 0.3) is 5.91 Å². The molecule has 1 aromatic carbocycles. The van der Waals surface area contributed by atoms with Gasteiger partial charge in [-0.15, -0.1) is 11.8 Å². The van der Waals surface area contributed by atoms with Crippen LogP contribution < -0.4 is 0 Å². The van der Waals surface area contributed by atoms with Gasteiger partial charge in [0.1, 0.15) is 5.25 Å². The molecule has 2 rings (SSSR count). The highest BCUT2D eigenvalue weighted by atomic mass is 32.2. The Morgan fingerprint density at radius 1 is 1.33 bits per heavy atom. The number of benzene rings is 1. The van der Waals surface area contributed by atoms with Crippen molar-refractivity contribution in [3.63, 3.8) is 0 Å².